The van der Waals surface area contributed by atoms with Crippen LogP contribution in [0.4, 0.5) is 13.2 Å². The number of aromatic amines is 1. The normalized spacial score (nSPS) is 13.8. The average Bonchev–Trinajstić information content (AvgIpc) is 3.19. The molecular weight excluding hydrogens is 341 g/mol. The van der Waals surface area contributed by atoms with Crippen molar-refractivity contribution in [3.63, 3.8) is 0 Å². The highest BCUT2D eigenvalue weighted by atomic mass is 19.4. The van der Waals surface area contributed by atoms with Gasteiger partial charge in [-0.2, -0.15) is 18.2 Å². The minimum Gasteiger partial charge on any atom is -0.341 e. The molecule has 0 unspecified atom stereocenters. The third-order valence-electron chi connectivity index (χ3n) is 4.05. The second-order valence-electron chi connectivity index (χ2n) is 5.86. The van der Waals surface area contributed by atoms with E-state index in [4.69, 9.17) is 0 Å². The highest BCUT2D eigenvalue weighted by Crippen LogP contribution is 2.27. The van der Waals surface area contributed by atoms with Crippen LogP contribution in [0.2, 0.25) is 0 Å². The topological polar surface area (TPSA) is 92.1 Å². The lowest BCUT2D eigenvalue weighted by Crippen LogP contribution is -2.33. The number of likely N-dealkylation sites (N-methyl/N-ethyl adjacent to an activating group) is 1. The second kappa shape index (κ2) is 6.34. The van der Waals surface area contributed by atoms with Crippen LogP contribution in [0.3, 0.4) is 0 Å². The van der Waals surface area contributed by atoms with E-state index in [-0.39, 0.29) is 24.4 Å². The predicted molar refractivity (Wildman–Crippen MR) is 79.1 cm³/mol. The van der Waals surface area contributed by atoms with E-state index in [0.29, 0.717) is 0 Å². The largest absolute Gasteiger partial charge is 0.471 e. The Balaban J connectivity index is 1.67. The molecular formula is C15H15F3N4O3. The summed E-state index contributed by atoms with van der Waals surface area (Å²) in [5, 5.41) is 3.24. The van der Waals surface area contributed by atoms with Crippen molar-refractivity contribution in [1.82, 2.24) is 20.0 Å². The summed E-state index contributed by atoms with van der Waals surface area (Å²) in [5.74, 6) is -2.09. The van der Waals surface area contributed by atoms with Crippen LogP contribution in [0.25, 0.3) is 0 Å². The summed E-state index contributed by atoms with van der Waals surface area (Å²) in [5.41, 5.74) is 1.36. The van der Waals surface area contributed by atoms with Gasteiger partial charge < -0.3 is 14.4 Å². The number of rotatable bonds is 4. The van der Waals surface area contributed by atoms with Gasteiger partial charge in [0, 0.05) is 25.7 Å². The molecule has 0 saturated carbocycles. The summed E-state index contributed by atoms with van der Waals surface area (Å²) in [7, 11) is 1.46. The van der Waals surface area contributed by atoms with Crippen LogP contribution in [-0.4, -0.2) is 39.5 Å². The van der Waals surface area contributed by atoms with Crippen LogP contribution in [0.5, 0.6) is 0 Å². The number of carbonyl (C=O) groups is 1. The van der Waals surface area contributed by atoms with Crippen LogP contribution >= 0.6 is 0 Å². The van der Waals surface area contributed by atoms with Crippen molar-refractivity contribution in [3.8, 4) is 0 Å². The Morgan fingerprint density at radius 2 is 2.16 bits per heavy atom. The van der Waals surface area contributed by atoms with E-state index in [1.54, 1.807) is 6.07 Å². The van der Waals surface area contributed by atoms with Gasteiger partial charge in [0.05, 0.1) is 0 Å². The molecule has 0 spiro atoms. The van der Waals surface area contributed by atoms with Gasteiger partial charge in [-0.1, -0.05) is 5.16 Å². The molecule has 0 bridgehead atoms. The molecule has 2 heterocycles. The number of aryl methyl sites for hydroxylation is 2. The quantitative estimate of drug-likeness (QED) is 0.898. The molecule has 0 aliphatic heterocycles. The molecule has 0 aromatic carbocycles. The van der Waals surface area contributed by atoms with Crippen molar-refractivity contribution >= 4 is 5.91 Å². The molecule has 3 rings (SSSR count). The molecule has 10 heteroatoms. The molecule has 7 nitrogen and oxygen atoms in total. The van der Waals surface area contributed by atoms with E-state index in [1.807, 2.05) is 0 Å². The van der Waals surface area contributed by atoms with Gasteiger partial charge in [-0.25, -0.2) is 0 Å². The van der Waals surface area contributed by atoms with E-state index in [0.717, 1.165) is 30.5 Å². The number of pyridine rings is 1. The van der Waals surface area contributed by atoms with E-state index < -0.39 is 23.5 Å². The Hall–Kier alpha value is -2.65. The molecule has 1 amide bonds. The number of amides is 1. The molecule has 1 aliphatic carbocycles. The lowest BCUT2D eigenvalue weighted by atomic mass is 10.1. The van der Waals surface area contributed by atoms with Crippen molar-refractivity contribution in [3.05, 3.63) is 45.0 Å². The lowest BCUT2D eigenvalue weighted by Gasteiger charge is -2.16. The first-order valence-corrected chi connectivity index (χ1v) is 7.66. The molecule has 0 saturated heterocycles. The van der Waals surface area contributed by atoms with E-state index in [1.165, 1.54) is 11.9 Å². The number of fused-ring (bicyclic) bond motifs is 1. The molecule has 2 aromatic heterocycles. The number of nitrogens with one attached hydrogen (secondary N) is 1. The van der Waals surface area contributed by atoms with Crippen molar-refractivity contribution < 1.29 is 22.5 Å². The Bertz CT molecular complexity index is 856. The van der Waals surface area contributed by atoms with Crippen LogP contribution in [-0.2, 0) is 25.4 Å². The standard InChI is InChI=1S/C15H15F3N4O3/c1-22(6-5-11-20-14(25-21-11)15(16,17)18)13(24)9-7-8-3-2-4-10(8)19-12(9)23/h7H,2-6H2,1H3,(H,19,23). The maximum atomic E-state index is 12.4. The fourth-order valence-electron chi connectivity index (χ4n) is 2.72. The summed E-state index contributed by atoms with van der Waals surface area (Å²) in [6.45, 7) is 0.0478. The van der Waals surface area contributed by atoms with Gasteiger partial charge in [0.15, 0.2) is 5.82 Å². The summed E-state index contributed by atoms with van der Waals surface area (Å²) in [6.07, 6.45) is -2.21. The maximum absolute atomic E-state index is 12.4. The zero-order valence-corrected chi connectivity index (χ0v) is 13.3. The Labute approximate surface area is 139 Å². The summed E-state index contributed by atoms with van der Waals surface area (Å²) >= 11 is 0. The van der Waals surface area contributed by atoms with Crippen molar-refractivity contribution in [1.29, 1.82) is 0 Å². The molecule has 2 aromatic rings. The van der Waals surface area contributed by atoms with Gasteiger partial charge in [0.1, 0.15) is 5.56 Å². The molecule has 1 N–H and O–H groups in total. The average molecular weight is 356 g/mol. The van der Waals surface area contributed by atoms with Gasteiger partial charge in [-0.15, -0.1) is 0 Å². The Morgan fingerprint density at radius 1 is 1.40 bits per heavy atom. The third-order valence-corrected chi connectivity index (χ3v) is 4.05. The number of carbonyl (C=O) groups excluding carboxylic acids is 1. The first-order chi connectivity index (χ1) is 11.8. The minimum atomic E-state index is -4.70. The molecule has 25 heavy (non-hydrogen) atoms. The number of nitrogens with zero attached hydrogens (tertiary/aromatic N) is 3. The van der Waals surface area contributed by atoms with Gasteiger partial charge in [-0.3, -0.25) is 9.59 Å². The molecule has 0 radical (unpaired) electrons. The molecule has 1 aliphatic rings. The van der Waals surface area contributed by atoms with Gasteiger partial charge >= 0.3 is 12.1 Å². The summed E-state index contributed by atoms with van der Waals surface area (Å²) < 4.78 is 41.3. The summed E-state index contributed by atoms with van der Waals surface area (Å²) in [4.78, 5) is 31.7. The highest BCUT2D eigenvalue weighted by Gasteiger charge is 2.38. The van der Waals surface area contributed by atoms with Crippen molar-refractivity contribution in [2.75, 3.05) is 13.6 Å². The highest BCUT2D eigenvalue weighted by molar-refractivity contribution is 5.93. The number of hydrogen-bond donors (Lipinski definition) is 1. The monoisotopic (exact) mass is 356 g/mol. The van der Waals surface area contributed by atoms with Crippen LogP contribution in [0, 0.1) is 0 Å². The lowest BCUT2D eigenvalue weighted by molar-refractivity contribution is -0.159. The molecule has 0 fully saturated rings. The van der Waals surface area contributed by atoms with E-state index >= 15 is 0 Å². The summed E-state index contributed by atoms with van der Waals surface area (Å²) in [6, 6.07) is 1.59. The van der Waals surface area contributed by atoms with Gasteiger partial charge in [-0.05, 0) is 30.9 Å². The smallest absolute Gasteiger partial charge is 0.341 e. The number of hydrogen-bond acceptors (Lipinski definition) is 5. The fraction of sp³-hybridized carbons (Fsp3) is 0.467. The Morgan fingerprint density at radius 3 is 2.84 bits per heavy atom. The van der Waals surface area contributed by atoms with Crippen LogP contribution in [0.15, 0.2) is 15.4 Å². The number of aromatic nitrogens is 3. The van der Waals surface area contributed by atoms with Crippen LogP contribution < -0.4 is 5.56 Å². The second-order valence-corrected chi connectivity index (χ2v) is 5.86. The van der Waals surface area contributed by atoms with Crippen LogP contribution in [0.1, 0.15) is 39.8 Å². The zero-order chi connectivity index (χ0) is 18.2. The van der Waals surface area contributed by atoms with Gasteiger partial charge in [0.25, 0.3) is 11.5 Å². The maximum Gasteiger partial charge on any atom is 0.471 e. The number of alkyl halides is 3. The SMILES string of the molecule is CN(CCc1noc(C(F)(F)F)n1)C(=O)c1cc2c([nH]c1=O)CCC2. The minimum absolute atomic E-state index is 0.0206. The van der Waals surface area contributed by atoms with Crippen molar-refractivity contribution in [2.24, 2.45) is 0 Å². The van der Waals surface area contributed by atoms with Gasteiger partial charge in [0.2, 0.25) is 0 Å². The third kappa shape index (κ3) is 3.57. The number of H-pyrrole nitrogens is 1. The van der Waals surface area contributed by atoms with E-state index in [2.05, 4.69) is 19.6 Å². The first-order valence-electron chi connectivity index (χ1n) is 7.66. The fourth-order valence-corrected chi connectivity index (χ4v) is 2.72. The predicted octanol–water partition coefficient (Wildman–Crippen LogP) is 1.58. The van der Waals surface area contributed by atoms with E-state index in [9.17, 15) is 22.8 Å². The first kappa shape index (κ1) is 17.2. The van der Waals surface area contributed by atoms with Crippen molar-refractivity contribution in [2.45, 2.75) is 31.9 Å². The zero-order valence-electron chi connectivity index (χ0n) is 13.3. The molecule has 0 atom stereocenters. The Kier molecular flexibility index (Phi) is 4.36. The molecule has 134 valence electrons. The number of halogens is 3.